The van der Waals surface area contributed by atoms with Crippen LogP contribution in [0.2, 0.25) is 0 Å². The fraction of sp³-hybridized carbons (Fsp3) is 0.405. The van der Waals surface area contributed by atoms with E-state index >= 15 is 0 Å². The smallest absolute Gasteiger partial charge is 0.229 e. The maximum absolute atomic E-state index is 6.38. The molecule has 1 aromatic heterocycles. The molecule has 4 aromatic rings. The van der Waals surface area contributed by atoms with E-state index in [0.29, 0.717) is 31.0 Å². The molecule has 0 bridgehead atoms. The number of allylic oxidation sites excluding steroid dienone is 2. The van der Waals surface area contributed by atoms with Crippen LogP contribution in [0, 0.1) is 0 Å². The van der Waals surface area contributed by atoms with E-state index < -0.39 is 5.66 Å². The quantitative estimate of drug-likeness (QED) is 0.0605. The molecule has 3 aromatic carbocycles. The van der Waals surface area contributed by atoms with E-state index in [0.717, 1.165) is 93.5 Å². The fourth-order valence-corrected chi connectivity index (χ4v) is 7.23. The molecule has 0 saturated carbocycles. The highest BCUT2D eigenvalue weighted by Gasteiger charge is 2.46. The molecule has 11 nitrogen and oxygen atoms in total. The van der Waals surface area contributed by atoms with Gasteiger partial charge in [0.1, 0.15) is 12.4 Å². The predicted molar refractivity (Wildman–Crippen MR) is 220 cm³/mol. The average Bonchev–Trinajstić information content (AvgIpc) is 3.44. The minimum Gasteiger partial charge on any atom is -0.492 e. The number of ether oxygens (including phenoxy) is 1. The molecule has 0 fully saturated rings. The highest BCUT2D eigenvalue weighted by Crippen LogP contribution is 2.51. The van der Waals surface area contributed by atoms with Gasteiger partial charge >= 0.3 is 0 Å². The van der Waals surface area contributed by atoms with Gasteiger partial charge in [-0.05, 0) is 87.5 Å². The van der Waals surface area contributed by atoms with E-state index in [1.807, 2.05) is 12.2 Å². The third kappa shape index (κ3) is 8.75. The van der Waals surface area contributed by atoms with Crippen LogP contribution in [-0.4, -0.2) is 90.3 Å². The molecule has 0 amide bonds. The van der Waals surface area contributed by atoms with Crippen LogP contribution < -0.4 is 31.3 Å². The van der Waals surface area contributed by atoms with Crippen molar-refractivity contribution in [3.63, 3.8) is 0 Å². The van der Waals surface area contributed by atoms with Gasteiger partial charge in [-0.2, -0.15) is 15.0 Å². The van der Waals surface area contributed by atoms with Gasteiger partial charge < -0.3 is 41.1 Å². The topological polar surface area (TPSA) is 115 Å². The van der Waals surface area contributed by atoms with Crippen molar-refractivity contribution in [3.05, 3.63) is 102 Å². The number of fused-ring (bicyclic) bond motifs is 6. The Morgan fingerprint density at radius 1 is 0.679 bits per heavy atom. The van der Waals surface area contributed by atoms with Crippen molar-refractivity contribution in [2.45, 2.75) is 46.2 Å². The Balaban J connectivity index is 1.14. The molecule has 1 unspecified atom stereocenters. The first-order valence-corrected chi connectivity index (χ1v) is 19.3. The third-order valence-corrected chi connectivity index (χ3v) is 10.1. The van der Waals surface area contributed by atoms with Crippen LogP contribution >= 0.6 is 0 Å². The Hall–Kier alpha value is -5.13. The number of para-hydroxylation sites is 1. The van der Waals surface area contributed by atoms with Gasteiger partial charge in [0.15, 0.2) is 5.66 Å². The first-order chi connectivity index (χ1) is 26.0. The van der Waals surface area contributed by atoms with Crippen molar-refractivity contribution in [2.75, 3.05) is 86.8 Å². The number of nitrogens with one attached hydrogen (secondary N) is 5. The fourth-order valence-electron chi connectivity index (χ4n) is 7.23. The summed E-state index contributed by atoms with van der Waals surface area (Å²) in [6, 6.07) is 23.3. The molecule has 53 heavy (non-hydrogen) atoms. The summed E-state index contributed by atoms with van der Waals surface area (Å²) in [4.78, 5) is 18.9. The average molecular weight is 717 g/mol. The summed E-state index contributed by atoms with van der Waals surface area (Å²) < 4.78 is 6.38. The molecule has 11 heteroatoms. The summed E-state index contributed by atoms with van der Waals surface area (Å²) in [6.45, 7) is 21.6. The minimum atomic E-state index is -0.666. The van der Waals surface area contributed by atoms with E-state index in [4.69, 9.17) is 14.7 Å². The van der Waals surface area contributed by atoms with E-state index in [2.05, 4.69) is 142 Å². The Morgan fingerprint density at radius 3 is 1.87 bits per heavy atom. The predicted octanol–water partition coefficient (Wildman–Crippen LogP) is 7.07. The van der Waals surface area contributed by atoms with Crippen molar-refractivity contribution in [2.24, 2.45) is 0 Å². The molecule has 2 heterocycles. The van der Waals surface area contributed by atoms with Crippen LogP contribution in [-0.2, 0) is 5.66 Å². The number of benzene rings is 3. The zero-order chi connectivity index (χ0) is 37.0. The maximum atomic E-state index is 6.38. The molecule has 1 aliphatic heterocycles. The standard InChI is InChI=1S/C42H56N10O/c1-6-17-37-34-19-12-14-21-38(34)50-42(49-37)35-20-13-11-18-32(35)33-23-22-31(30-36(33)42)53-29-26-45-41-47-39(43-24-15-27-51(7-2)8-3)46-40(48-41)44-25-16-28-52(9-4)10-5/h6,11-14,17-23,30,49-50H,1,7-10,15-16,24-29H2,2-5H3,(H3,43,44,45,46,47,48)/b37-17+. The van der Waals surface area contributed by atoms with Crippen molar-refractivity contribution >= 4 is 29.2 Å². The summed E-state index contributed by atoms with van der Waals surface area (Å²) in [7, 11) is 0. The Morgan fingerprint density at radius 2 is 1.25 bits per heavy atom. The van der Waals surface area contributed by atoms with Crippen LogP contribution in [0.4, 0.5) is 23.5 Å². The monoisotopic (exact) mass is 716 g/mol. The van der Waals surface area contributed by atoms with E-state index in [1.165, 1.54) is 16.7 Å². The van der Waals surface area contributed by atoms with Crippen LogP contribution in [0.25, 0.3) is 16.8 Å². The number of aromatic nitrogens is 3. The summed E-state index contributed by atoms with van der Waals surface area (Å²) in [5.41, 5.74) is 7.16. The van der Waals surface area contributed by atoms with Crippen molar-refractivity contribution in [1.82, 2.24) is 30.1 Å². The van der Waals surface area contributed by atoms with Crippen LogP contribution in [0.1, 0.15) is 57.2 Å². The van der Waals surface area contributed by atoms with E-state index in [9.17, 15) is 0 Å². The number of hydrogen-bond acceptors (Lipinski definition) is 11. The SMILES string of the molecule is C=C/C=C1/NC2(Nc3ccccc31)c1ccccc1-c1ccc(OCCNc3nc(NCCCN(CC)CC)nc(NCCCN(CC)CC)n3)cc12. The van der Waals surface area contributed by atoms with E-state index in [-0.39, 0.29) is 0 Å². The summed E-state index contributed by atoms with van der Waals surface area (Å²) in [6.07, 6.45) is 5.88. The van der Waals surface area contributed by atoms with E-state index in [1.54, 1.807) is 0 Å². The molecule has 2 aliphatic rings. The van der Waals surface area contributed by atoms with Crippen LogP contribution in [0.5, 0.6) is 5.75 Å². The van der Waals surface area contributed by atoms with Gasteiger partial charge in [-0.15, -0.1) is 0 Å². The highest BCUT2D eigenvalue weighted by molar-refractivity contribution is 5.89. The molecule has 0 saturated heterocycles. The van der Waals surface area contributed by atoms with Gasteiger partial charge in [-0.25, -0.2) is 0 Å². The molecular weight excluding hydrogens is 661 g/mol. The lowest BCUT2D eigenvalue weighted by Crippen LogP contribution is -2.50. The molecule has 6 rings (SSSR count). The first kappa shape index (κ1) is 37.6. The third-order valence-electron chi connectivity index (χ3n) is 10.1. The largest absolute Gasteiger partial charge is 0.492 e. The summed E-state index contributed by atoms with van der Waals surface area (Å²) in [5.74, 6) is 2.43. The maximum Gasteiger partial charge on any atom is 0.229 e. The van der Waals surface area contributed by atoms with Gasteiger partial charge in [0.05, 0.1) is 6.54 Å². The van der Waals surface area contributed by atoms with Gasteiger partial charge in [0.25, 0.3) is 0 Å². The van der Waals surface area contributed by atoms with Gasteiger partial charge in [0, 0.05) is 41.2 Å². The zero-order valence-corrected chi connectivity index (χ0v) is 31.8. The molecular formula is C42H56N10O. The summed E-state index contributed by atoms with van der Waals surface area (Å²) >= 11 is 0. The molecule has 1 spiro atoms. The van der Waals surface area contributed by atoms with Crippen LogP contribution in [0.3, 0.4) is 0 Å². The second-order valence-corrected chi connectivity index (χ2v) is 13.3. The lowest BCUT2D eigenvalue weighted by Gasteiger charge is -2.41. The van der Waals surface area contributed by atoms with Gasteiger partial charge in [-0.3, -0.25) is 0 Å². The second-order valence-electron chi connectivity index (χ2n) is 13.3. The number of hydrogen-bond donors (Lipinski definition) is 5. The lowest BCUT2D eigenvalue weighted by molar-refractivity contribution is 0.303. The first-order valence-electron chi connectivity index (χ1n) is 19.3. The second kappa shape index (κ2) is 18.1. The number of nitrogens with zero attached hydrogens (tertiary/aromatic N) is 5. The highest BCUT2D eigenvalue weighted by atomic mass is 16.5. The molecule has 1 atom stereocenters. The molecule has 0 radical (unpaired) electrons. The lowest BCUT2D eigenvalue weighted by atomic mass is 9.91. The minimum absolute atomic E-state index is 0.426. The van der Waals surface area contributed by atoms with Gasteiger partial charge in [-0.1, -0.05) is 88.9 Å². The van der Waals surface area contributed by atoms with Crippen LogP contribution in [0.15, 0.2) is 85.5 Å². The Labute approximate surface area is 315 Å². The summed E-state index contributed by atoms with van der Waals surface area (Å²) in [5, 5.41) is 17.9. The zero-order valence-electron chi connectivity index (χ0n) is 31.8. The van der Waals surface area contributed by atoms with Crippen molar-refractivity contribution in [1.29, 1.82) is 0 Å². The number of rotatable bonds is 20. The van der Waals surface area contributed by atoms with Gasteiger partial charge in [0.2, 0.25) is 17.8 Å². The Bertz CT molecular complexity index is 1820. The molecule has 280 valence electrons. The molecule has 1 aliphatic carbocycles. The number of anilines is 4. The normalized spacial score (nSPS) is 16.2. The molecule has 5 N–H and O–H groups in total. The van der Waals surface area contributed by atoms with Crippen molar-refractivity contribution in [3.8, 4) is 16.9 Å². The Kier molecular flexibility index (Phi) is 12.8. The van der Waals surface area contributed by atoms with Crippen molar-refractivity contribution < 1.29 is 4.74 Å².